The Kier molecular flexibility index (Phi) is 5.30. The number of hydrogen-bond donors (Lipinski definition) is 1. The quantitative estimate of drug-likeness (QED) is 0.448. The Morgan fingerprint density at radius 2 is 2.00 bits per heavy atom. The Labute approximate surface area is 186 Å². The first-order valence-electron chi connectivity index (χ1n) is 10.8. The SMILES string of the molecule is CN1CCOc2ccc(/C(O)=C3/C(=O)C(=O)N(CC4CCCO4)C3c3ccncc3)cc21. The minimum atomic E-state index is -0.702. The third kappa shape index (κ3) is 3.50. The minimum absolute atomic E-state index is 0.0820. The fourth-order valence-corrected chi connectivity index (χ4v) is 4.62. The number of nitrogens with zero attached hydrogens (tertiary/aromatic N) is 3. The number of hydrogen-bond acceptors (Lipinski definition) is 7. The molecule has 1 N–H and O–H groups in total. The normalized spacial score (nSPS) is 24.5. The van der Waals surface area contributed by atoms with E-state index in [1.165, 1.54) is 4.90 Å². The maximum atomic E-state index is 13.1. The highest BCUT2D eigenvalue weighted by Crippen LogP contribution is 2.41. The van der Waals surface area contributed by atoms with Crippen molar-refractivity contribution in [1.82, 2.24) is 9.88 Å². The van der Waals surface area contributed by atoms with Gasteiger partial charge in [-0.2, -0.15) is 0 Å². The third-order valence-corrected chi connectivity index (χ3v) is 6.31. The molecule has 2 aromatic rings. The van der Waals surface area contributed by atoms with E-state index in [0.29, 0.717) is 25.3 Å². The highest BCUT2D eigenvalue weighted by Gasteiger charge is 2.47. The Morgan fingerprint density at radius 3 is 2.75 bits per heavy atom. The van der Waals surface area contributed by atoms with Crippen LogP contribution in [0.5, 0.6) is 5.75 Å². The fourth-order valence-electron chi connectivity index (χ4n) is 4.62. The lowest BCUT2D eigenvalue weighted by atomic mass is 9.95. The van der Waals surface area contributed by atoms with Crippen LogP contribution in [-0.2, 0) is 14.3 Å². The fraction of sp³-hybridized carbons (Fsp3) is 0.375. The zero-order chi connectivity index (χ0) is 22.2. The minimum Gasteiger partial charge on any atom is -0.507 e. The average Bonchev–Trinajstić information content (AvgIpc) is 3.42. The predicted molar refractivity (Wildman–Crippen MR) is 117 cm³/mol. The van der Waals surface area contributed by atoms with Crippen LogP contribution in [0, 0.1) is 0 Å². The molecule has 2 atom stereocenters. The molecule has 0 bridgehead atoms. The highest BCUT2D eigenvalue weighted by molar-refractivity contribution is 6.46. The number of aliphatic hydroxyl groups excluding tert-OH is 1. The highest BCUT2D eigenvalue weighted by atomic mass is 16.5. The number of likely N-dealkylation sites (tertiary alicyclic amines) is 1. The zero-order valence-corrected chi connectivity index (χ0v) is 17.9. The third-order valence-electron chi connectivity index (χ3n) is 6.31. The van der Waals surface area contributed by atoms with Crippen LogP contribution in [0.25, 0.3) is 5.76 Å². The molecular formula is C24H25N3O5. The number of rotatable bonds is 4. The molecule has 0 aliphatic carbocycles. The Balaban J connectivity index is 1.60. The second-order valence-electron chi connectivity index (χ2n) is 8.32. The molecule has 0 radical (unpaired) electrons. The van der Waals surface area contributed by atoms with E-state index in [1.807, 2.05) is 11.9 Å². The Hall–Kier alpha value is -3.39. The number of pyridine rings is 1. The summed E-state index contributed by atoms with van der Waals surface area (Å²) in [5.41, 5.74) is 2.10. The first-order chi connectivity index (χ1) is 15.5. The van der Waals surface area contributed by atoms with Crippen LogP contribution in [-0.4, -0.2) is 66.1 Å². The van der Waals surface area contributed by atoms with Gasteiger partial charge in [-0.05, 0) is 48.7 Å². The predicted octanol–water partition coefficient (Wildman–Crippen LogP) is 2.51. The lowest BCUT2D eigenvalue weighted by Gasteiger charge is -2.28. The molecule has 166 valence electrons. The monoisotopic (exact) mass is 435 g/mol. The van der Waals surface area contributed by atoms with Gasteiger partial charge in [-0.15, -0.1) is 0 Å². The Morgan fingerprint density at radius 1 is 1.19 bits per heavy atom. The van der Waals surface area contributed by atoms with Crippen LogP contribution < -0.4 is 9.64 Å². The van der Waals surface area contributed by atoms with E-state index < -0.39 is 17.7 Å². The summed E-state index contributed by atoms with van der Waals surface area (Å²) in [4.78, 5) is 33.8. The van der Waals surface area contributed by atoms with E-state index in [-0.39, 0.29) is 17.4 Å². The summed E-state index contributed by atoms with van der Waals surface area (Å²) >= 11 is 0. The topological polar surface area (TPSA) is 92.2 Å². The molecule has 3 aliphatic heterocycles. The van der Waals surface area contributed by atoms with E-state index in [9.17, 15) is 14.7 Å². The van der Waals surface area contributed by atoms with E-state index in [1.54, 1.807) is 42.7 Å². The molecule has 1 amide bonds. The summed E-state index contributed by atoms with van der Waals surface area (Å²) < 4.78 is 11.4. The van der Waals surface area contributed by atoms with Crippen molar-refractivity contribution < 1.29 is 24.2 Å². The summed E-state index contributed by atoms with van der Waals surface area (Å²) in [6.07, 6.45) is 4.88. The molecular weight excluding hydrogens is 410 g/mol. The van der Waals surface area contributed by atoms with Crippen molar-refractivity contribution in [3.05, 3.63) is 59.4 Å². The van der Waals surface area contributed by atoms with Gasteiger partial charge < -0.3 is 24.4 Å². The molecule has 8 heteroatoms. The van der Waals surface area contributed by atoms with Gasteiger partial charge in [-0.25, -0.2) is 0 Å². The van der Waals surface area contributed by atoms with Gasteiger partial charge in [0.1, 0.15) is 18.1 Å². The second-order valence-corrected chi connectivity index (χ2v) is 8.32. The zero-order valence-electron chi connectivity index (χ0n) is 17.9. The summed E-state index contributed by atoms with van der Waals surface area (Å²) in [7, 11) is 1.95. The van der Waals surface area contributed by atoms with Gasteiger partial charge in [-0.3, -0.25) is 14.6 Å². The Bertz CT molecular complexity index is 1080. The number of carbonyl (C=O) groups is 2. The van der Waals surface area contributed by atoms with E-state index in [2.05, 4.69) is 4.98 Å². The van der Waals surface area contributed by atoms with Crippen LogP contribution >= 0.6 is 0 Å². The summed E-state index contributed by atoms with van der Waals surface area (Å²) in [6, 6.07) is 8.11. The first kappa shape index (κ1) is 20.5. The molecule has 1 aromatic heterocycles. The summed E-state index contributed by atoms with van der Waals surface area (Å²) in [5.74, 6) is -0.784. The van der Waals surface area contributed by atoms with Crippen molar-refractivity contribution in [2.75, 3.05) is 38.3 Å². The van der Waals surface area contributed by atoms with E-state index in [4.69, 9.17) is 9.47 Å². The molecule has 4 heterocycles. The number of likely N-dealkylation sites (N-methyl/N-ethyl adjacent to an activating group) is 1. The van der Waals surface area contributed by atoms with Crippen molar-refractivity contribution in [2.45, 2.75) is 25.0 Å². The number of benzene rings is 1. The molecule has 2 fully saturated rings. The molecule has 2 saturated heterocycles. The number of carbonyl (C=O) groups excluding carboxylic acids is 2. The van der Waals surface area contributed by atoms with Crippen LogP contribution in [0.2, 0.25) is 0 Å². The van der Waals surface area contributed by atoms with Gasteiger partial charge in [0.2, 0.25) is 0 Å². The lowest BCUT2D eigenvalue weighted by Crippen LogP contribution is -2.36. The van der Waals surface area contributed by atoms with Gasteiger partial charge >= 0.3 is 0 Å². The number of fused-ring (bicyclic) bond motifs is 1. The number of ether oxygens (including phenoxy) is 2. The smallest absolute Gasteiger partial charge is 0.295 e. The maximum Gasteiger partial charge on any atom is 0.295 e. The van der Waals surface area contributed by atoms with Crippen LogP contribution in [0.1, 0.15) is 30.0 Å². The van der Waals surface area contributed by atoms with Crippen molar-refractivity contribution in [3.63, 3.8) is 0 Å². The largest absolute Gasteiger partial charge is 0.507 e. The molecule has 1 aromatic carbocycles. The summed E-state index contributed by atoms with van der Waals surface area (Å²) in [5, 5.41) is 11.3. The number of Topliss-reactive ketones (excluding diaryl/α,β-unsaturated/α-hetero) is 1. The van der Waals surface area contributed by atoms with Crippen LogP contribution in [0.3, 0.4) is 0 Å². The van der Waals surface area contributed by atoms with E-state index >= 15 is 0 Å². The number of ketones is 1. The molecule has 2 unspecified atom stereocenters. The van der Waals surface area contributed by atoms with Gasteiger partial charge in [0.05, 0.1) is 30.0 Å². The van der Waals surface area contributed by atoms with Crippen molar-refractivity contribution in [1.29, 1.82) is 0 Å². The maximum absolute atomic E-state index is 13.1. The second kappa shape index (κ2) is 8.27. The van der Waals surface area contributed by atoms with Gasteiger partial charge in [0.25, 0.3) is 11.7 Å². The van der Waals surface area contributed by atoms with Gasteiger partial charge in [0.15, 0.2) is 0 Å². The standard InChI is InChI=1S/C24H25N3O5/c1-26-10-12-32-19-5-4-16(13-18(19)26)22(28)20-21(15-6-8-25-9-7-15)27(24(30)23(20)29)14-17-3-2-11-31-17/h4-9,13,17,21,28H,2-3,10-12,14H2,1H3/b22-20-. The number of amides is 1. The molecule has 3 aliphatic rings. The van der Waals surface area contributed by atoms with E-state index in [0.717, 1.165) is 36.4 Å². The molecule has 5 rings (SSSR count). The molecule has 32 heavy (non-hydrogen) atoms. The number of aliphatic hydroxyl groups is 1. The lowest BCUT2D eigenvalue weighted by molar-refractivity contribution is -0.140. The number of aromatic nitrogens is 1. The average molecular weight is 435 g/mol. The molecule has 8 nitrogen and oxygen atoms in total. The van der Waals surface area contributed by atoms with Crippen LogP contribution in [0.15, 0.2) is 48.3 Å². The van der Waals surface area contributed by atoms with Crippen molar-refractivity contribution >= 4 is 23.1 Å². The first-order valence-corrected chi connectivity index (χ1v) is 10.8. The van der Waals surface area contributed by atoms with Crippen molar-refractivity contribution in [3.8, 4) is 5.75 Å². The van der Waals surface area contributed by atoms with Gasteiger partial charge in [0, 0.05) is 38.2 Å². The van der Waals surface area contributed by atoms with Gasteiger partial charge in [-0.1, -0.05) is 0 Å². The number of anilines is 1. The summed E-state index contributed by atoms with van der Waals surface area (Å²) in [6.45, 7) is 2.26. The molecule has 0 spiro atoms. The molecule has 0 saturated carbocycles. The van der Waals surface area contributed by atoms with Crippen molar-refractivity contribution in [2.24, 2.45) is 0 Å². The van der Waals surface area contributed by atoms with Crippen LogP contribution in [0.4, 0.5) is 5.69 Å².